The third-order valence-electron chi connectivity index (χ3n) is 7.20. The molecule has 1 aliphatic carbocycles. The Hall–Kier alpha value is -3.41. The quantitative estimate of drug-likeness (QED) is 0.418. The van der Waals surface area contributed by atoms with Crippen LogP contribution in [0.25, 0.3) is 5.69 Å². The lowest BCUT2D eigenvalue weighted by atomic mass is 10.1. The Morgan fingerprint density at radius 1 is 1.10 bits per heavy atom. The summed E-state index contributed by atoms with van der Waals surface area (Å²) in [6.45, 7) is 3.77. The van der Waals surface area contributed by atoms with Gasteiger partial charge in [-0.05, 0) is 48.7 Å². The number of ether oxygens (including phenoxy) is 1. The van der Waals surface area contributed by atoms with Crippen LogP contribution in [-0.2, 0) is 15.8 Å². The second-order valence-corrected chi connectivity index (χ2v) is 12.8. The molecule has 2 aliphatic rings. The van der Waals surface area contributed by atoms with Crippen LogP contribution in [0, 0.1) is 5.41 Å². The number of hydrogen-bond donors (Lipinski definition) is 1. The van der Waals surface area contributed by atoms with E-state index in [4.69, 9.17) is 22.1 Å². The van der Waals surface area contributed by atoms with Gasteiger partial charge in [0.2, 0.25) is 21.7 Å². The first-order valence-corrected chi connectivity index (χ1v) is 14.7. The van der Waals surface area contributed by atoms with Gasteiger partial charge in [0, 0.05) is 42.2 Å². The number of sulfonamides is 1. The standard InChI is InChI=1S/C27H30ClN5O5S/c1-27(9-10-27)18-38-24-23(16-30-33(26(24)35)22-4-2-3-21(28)15-22)31-11-13-32(14-12-31)39(36,37)17-19-5-7-20(8-6-19)25(29)34/h2-8,15-16H,9-14,17-18H2,1H3,(H2,29,34). The molecule has 3 aromatic rings. The number of carbonyl (C=O) groups is 1. The number of anilines is 1. The zero-order valence-electron chi connectivity index (χ0n) is 21.5. The normalized spacial score (nSPS) is 17.1. The molecule has 1 amide bonds. The summed E-state index contributed by atoms with van der Waals surface area (Å²) in [7, 11) is -3.60. The van der Waals surface area contributed by atoms with Crippen LogP contribution >= 0.6 is 11.6 Å². The third-order valence-corrected chi connectivity index (χ3v) is 9.28. The van der Waals surface area contributed by atoms with E-state index in [-0.39, 0.29) is 30.0 Å². The monoisotopic (exact) mass is 571 g/mol. The number of nitrogens with two attached hydrogens (primary N) is 1. The van der Waals surface area contributed by atoms with Crippen molar-refractivity contribution >= 4 is 33.2 Å². The summed E-state index contributed by atoms with van der Waals surface area (Å²) >= 11 is 6.14. The van der Waals surface area contributed by atoms with E-state index >= 15 is 0 Å². The molecule has 2 heterocycles. The van der Waals surface area contributed by atoms with Gasteiger partial charge in [0.25, 0.3) is 0 Å². The summed E-state index contributed by atoms with van der Waals surface area (Å²) in [4.78, 5) is 26.8. The number of aromatic nitrogens is 2. The summed E-state index contributed by atoms with van der Waals surface area (Å²) < 4.78 is 35.0. The van der Waals surface area contributed by atoms with Gasteiger partial charge in [-0.25, -0.2) is 8.42 Å². The number of nitrogens with zero attached hydrogens (tertiary/aromatic N) is 4. The third kappa shape index (κ3) is 6.10. The molecule has 5 rings (SSSR count). The van der Waals surface area contributed by atoms with Crippen molar-refractivity contribution in [2.24, 2.45) is 11.1 Å². The molecule has 0 unspecified atom stereocenters. The van der Waals surface area contributed by atoms with Crippen LogP contribution in [0.15, 0.2) is 59.5 Å². The van der Waals surface area contributed by atoms with Crippen LogP contribution in [0.3, 0.4) is 0 Å². The highest BCUT2D eigenvalue weighted by Gasteiger charge is 2.39. The van der Waals surface area contributed by atoms with E-state index in [1.165, 1.54) is 21.1 Å². The molecule has 1 saturated carbocycles. The lowest BCUT2D eigenvalue weighted by Gasteiger charge is -2.35. The van der Waals surface area contributed by atoms with Crippen LogP contribution in [0.1, 0.15) is 35.7 Å². The minimum absolute atomic E-state index is 0.0519. The first-order valence-electron chi connectivity index (χ1n) is 12.7. The topological polar surface area (TPSA) is 128 Å². The van der Waals surface area contributed by atoms with E-state index in [1.807, 2.05) is 4.90 Å². The van der Waals surface area contributed by atoms with Crippen molar-refractivity contribution in [2.75, 3.05) is 37.7 Å². The van der Waals surface area contributed by atoms with Crippen LogP contribution in [0.5, 0.6) is 5.75 Å². The molecular weight excluding hydrogens is 542 g/mol. The minimum Gasteiger partial charge on any atom is -0.486 e. The van der Waals surface area contributed by atoms with E-state index in [9.17, 15) is 18.0 Å². The van der Waals surface area contributed by atoms with E-state index in [0.717, 1.165) is 12.8 Å². The Labute approximate surface area is 232 Å². The number of benzene rings is 2. The fraction of sp³-hybridized carbons (Fsp3) is 0.370. The molecule has 0 bridgehead atoms. The molecule has 1 aromatic heterocycles. The summed E-state index contributed by atoms with van der Waals surface area (Å²) in [5, 5.41) is 4.87. The van der Waals surface area contributed by atoms with Crippen molar-refractivity contribution < 1.29 is 17.9 Å². The molecule has 2 N–H and O–H groups in total. The summed E-state index contributed by atoms with van der Waals surface area (Å²) in [5.74, 6) is -0.551. The van der Waals surface area contributed by atoms with Crippen molar-refractivity contribution in [2.45, 2.75) is 25.5 Å². The summed E-state index contributed by atoms with van der Waals surface area (Å²) in [6, 6.07) is 13.1. The van der Waals surface area contributed by atoms with Crippen LogP contribution in [-0.4, -0.2) is 61.2 Å². The molecule has 12 heteroatoms. The Morgan fingerprint density at radius 2 is 1.79 bits per heavy atom. The van der Waals surface area contributed by atoms with Gasteiger partial charge in [-0.2, -0.15) is 14.1 Å². The van der Waals surface area contributed by atoms with Crippen molar-refractivity contribution in [1.29, 1.82) is 0 Å². The molecule has 39 heavy (non-hydrogen) atoms. The van der Waals surface area contributed by atoms with E-state index in [2.05, 4.69) is 12.0 Å². The van der Waals surface area contributed by atoms with E-state index < -0.39 is 21.5 Å². The maximum Gasteiger partial charge on any atom is 0.316 e. The van der Waals surface area contributed by atoms with Gasteiger partial charge in [0.15, 0.2) is 0 Å². The van der Waals surface area contributed by atoms with Gasteiger partial charge < -0.3 is 15.4 Å². The molecule has 2 fully saturated rings. The maximum absolute atomic E-state index is 13.5. The lowest BCUT2D eigenvalue weighted by Crippen LogP contribution is -2.49. The molecule has 10 nitrogen and oxygen atoms in total. The number of primary amides is 1. The molecule has 1 aliphatic heterocycles. The van der Waals surface area contributed by atoms with Gasteiger partial charge in [-0.15, -0.1) is 0 Å². The van der Waals surface area contributed by atoms with Gasteiger partial charge in [-0.1, -0.05) is 36.7 Å². The molecule has 1 saturated heterocycles. The smallest absolute Gasteiger partial charge is 0.316 e. The van der Waals surface area contributed by atoms with Crippen molar-refractivity contribution in [1.82, 2.24) is 14.1 Å². The predicted molar refractivity (Wildman–Crippen MR) is 149 cm³/mol. The zero-order valence-corrected chi connectivity index (χ0v) is 23.1. The average molecular weight is 572 g/mol. The summed E-state index contributed by atoms with van der Waals surface area (Å²) in [6.07, 6.45) is 3.67. The Bertz CT molecular complexity index is 1550. The second kappa shape index (κ2) is 10.6. The zero-order chi connectivity index (χ0) is 27.8. The van der Waals surface area contributed by atoms with Gasteiger partial charge in [0.05, 0.1) is 24.2 Å². The SMILES string of the molecule is CC1(COc2c(N3CCN(S(=O)(=O)Cc4ccc(C(N)=O)cc4)CC3)cnn(-c3cccc(Cl)c3)c2=O)CC1. The number of piperazine rings is 1. The number of amides is 1. The fourth-order valence-corrected chi connectivity index (χ4v) is 6.16. The van der Waals surface area contributed by atoms with E-state index in [1.54, 1.807) is 42.6 Å². The fourth-order valence-electron chi connectivity index (χ4n) is 4.46. The summed E-state index contributed by atoms with van der Waals surface area (Å²) in [5.41, 5.74) is 6.89. The number of carbonyl (C=O) groups excluding carboxylic acids is 1. The highest BCUT2D eigenvalue weighted by Crippen LogP contribution is 2.45. The van der Waals surface area contributed by atoms with Gasteiger partial charge in [-0.3, -0.25) is 9.59 Å². The highest BCUT2D eigenvalue weighted by molar-refractivity contribution is 7.88. The molecular formula is C27H30ClN5O5S. The van der Waals surface area contributed by atoms with Crippen LogP contribution in [0.4, 0.5) is 5.69 Å². The van der Waals surface area contributed by atoms with E-state index in [0.29, 0.717) is 47.2 Å². The van der Waals surface area contributed by atoms with Crippen LogP contribution < -0.4 is 20.9 Å². The molecule has 206 valence electrons. The number of rotatable bonds is 9. The van der Waals surface area contributed by atoms with Crippen LogP contribution in [0.2, 0.25) is 5.02 Å². The first-order chi connectivity index (χ1) is 18.5. The average Bonchev–Trinajstić information content (AvgIpc) is 3.65. The number of halogens is 1. The molecule has 0 spiro atoms. The minimum atomic E-state index is -3.60. The lowest BCUT2D eigenvalue weighted by molar-refractivity contribution is 0.1000. The largest absolute Gasteiger partial charge is 0.486 e. The molecule has 0 radical (unpaired) electrons. The molecule has 2 aromatic carbocycles. The highest BCUT2D eigenvalue weighted by atomic mass is 35.5. The predicted octanol–water partition coefficient (Wildman–Crippen LogP) is 2.82. The van der Waals surface area contributed by atoms with Crippen molar-refractivity contribution in [3.8, 4) is 11.4 Å². The van der Waals surface area contributed by atoms with Crippen molar-refractivity contribution in [3.63, 3.8) is 0 Å². The Balaban J connectivity index is 1.34. The number of hydrogen-bond acceptors (Lipinski definition) is 7. The Morgan fingerprint density at radius 3 is 2.41 bits per heavy atom. The second-order valence-electron chi connectivity index (χ2n) is 10.4. The van der Waals surface area contributed by atoms with Gasteiger partial charge >= 0.3 is 5.56 Å². The first kappa shape index (κ1) is 27.2. The maximum atomic E-state index is 13.5. The molecule has 0 atom stereocenters. The Kier molecular flexibility index (Phi) is 7.41. The van der Waals surface area contributed by atoms with Crippen molar-refractivity contribution in [3.05, 3.63) is 81.2 Å². The van der Waals surface area contributed by atoms with Gasteiger partial charge in [0.1, 0.15) is 5.69 Å².